The Bertz CT molecular complexity index is 1250. The van der Waals surface area contributed by atoms with Crippen molar-refractivity contribution in [1.82, 2.24) is 9.47 Å². The number of carbonyl (C=O) groups excluding carboxylic acids is 3. The smallest absolute Gasteiger partial charge is 0.355 e. The zero-order valence-electron chi connectivity index (χ0n) is 21.3. The van der Waals surface area contributed by atoms with Gasteiger partial charge in [-0.3, -0.25) is 9.59 Å². The van der Waals surface area contributed by atoms with Crippen molar-refractivity contribution in [1.29, 1.82) is 0 Å². The van der Waals surface area contributed by atoms with Gasteiger partial charge in [-0.25, -0.2) is 9.18 Å². The molecule has 0 N–H and O–H groups in total. The summed E-state index contributed by atoms with van der Waals surface area (Å²) in [5.41, 5.74) is 2.96. The molecule has 1 heterocycles. The maximum absolute atomic E-state index is 13.6. The summed E-state index contributed by atoms with van der Waals surface area (Å²) in [7, 11) is 1.54. The van der Waals surface area contributed by atoms with E-state index in [4.69, 9.17) is 9.47 Å². The number of halogens is 1. The van der Waals surface area contributed by atoms with Crippen molar-refractivity contribution in [3.8, 4) is 5.75 Å². The Labute approximate surface area is 210 Å². The number of methoxy groups -OCH3 is 1. The van der Waals surface area contributed by atoms with Gasteiger partial charge in [0, 0.05) is 29.9 Å². The fourth-order valence-corrected chi connectivity index (χ4v) is 4.34. The van der Waals surface area contributed by atoms with Crippen molar-refractivity contribution in [2.24, 2.45) is 0 Å². The average molecular weight is 495 g/mol. The highest BCUT2D eigenvalue weighted by molar-refractivity contribution is 6.06. The van der Waals surface area contributed by atoms with Gasteiger partial charge in [0.25, 0.3) is 5.91 Å². The fraction of sp³-hybridized carbons (Fsp3) is 0.321. The van der Waals surface area contributed by atoms with Crippen molar-refractivity contribution in [2.75, 3.05) is 20.3 Å². The molecule has 1 aromatic heterocycles. The predicted octanol–water partition coefficient (Wildman–Crippen LogP) is 4.97. The number of aromatic nitrogens is 1. The molecule has 0 aliphatic heterocycles. The first-order valence-electron chi connectivity index (χ1n) is 11.8. The highest BCUT2D eigenvalue weighted by atomic mass is 19.1. The SMILES string of the molecule is CCOC(=O)c1c(C)c(C(=O)CN(Cc2ccc(F)cc2)C(=O)c2ccc(OC)cc2)c(C)n1CC. The van der Waals surface area contributed by atoms with Gasteiger partial charge in [0.05, 0.1) is 20.3 Å². The van der Waals surface area contributed by atoms with Crippen molar-refractivity contribution in [3.63, 3.8) is 0 Å². The van der Waals surface area contributed by atoms with Crippen LogP contribution in [0.3, 0.4) is 0 Å². The van der Waals surface area contributed by atoms with Crippen molar-refractivity contribution < 1.29 is 28.2 Å². The van der Waals surface area contributed by atoms with Crippen LogP contribution >= 0.6 is 0 Å². The molecule has 0 saturated heterocycles. The van der Waals surface area contributed by atoms with E-state index in [-0.39, 0.29) is 37.2 Å². The molecule has 3 aromatic rings. The maximum Gasteiger partial charge on any atom is 0.355 e. The number of ether oxygens (including phenoxy) is 2. The molecule has 0 bridgehead atoms. The monoisotopic (exact) mass is 494 g/mol. The lowest BCUT2D eigenvalue weighted by atomic mass is 10.0. The van der Waals surface area contributed by atoms with Crippen molar-refractivity contribution in [3.05, 3.63) is 88.0 Å². The third-order valence-corrected chi connectivity index (χ3v) is 6.08. The number of nitrogens with zero attached hydrogens (tertiary/aromatic N) is 2. The van der Waals surface area contributed by atoms with E-state index in [2.05, 4.69) is 0 Å². The van der Waals surface area contributed by atoms with Gasteiger partial charge in [0.2, 0.25) is 0 Å². The van der Waals surface area contributed by atoms with Crippen molar-refractivity contribution >= 4 is 17.7 Å². The lowest BCUT2D eigenvalue weighted by Crippen LogP contribution is -2.35. The highest BCUT2D eigenvalue weighted by Crippen LogP contribution is 2.25. The van der Waals surface area contributed by atoms with E-state index in [9.17, 15) is 18.8 Å². The Morgan fingerprint density at radius 1 is 0.972 bits per heavy atom. The summed E-state index contributed by atoms with van der Waals surface area (Å²) >= 11 is 0. The molecule has 0 saturated carbocycles. The Hall–Kier alpha value is -3.94. The Kier molecular flexibility index (Phi) is 8.64. The molecular formula is C28H31FN2O5. The lowest BCUT2D eigenvalue weighted by molar-refractivity contribution is 0.0512. The van der Waals surface area contributed by atoms with E-state index in [0.29, 0.717) is 45.9 Å². The molecule has 0 aliphatic carbocycles. The number of hydrogen-bond acceptors (Lipinski definition) is 5. The third kappa shape index (κ3) is 5.64. The minimum atomic E-state index is -0.489. The number of ketones is 1. The number of hydrogen-bond donors (Lipinski definition) is 0. The molecule has 0 unspecified atom stereocenters. The normalized spacial score (nSPS) is 10.7. The summed E-state index contributed by atoms with van der Waals surface area (Å²) in [5, 5.41) is 0. The molecule has 2 aromatic carbocycles. The van der Waals surface area contributed by atoms with E-state index >= 15 is 0 Å². The molecule has 7 nitrogen and oxygen atoms in total. The number of carbonyl (C=O) groups is 3. The molecule has 3 rings (SSSR count). The molecular weight excluding hydrogens is 463 g/mol. The molecule has 0 atom stereocenters. The largest absolute Gasteiger partial charge is 0.497 e. The van der Waals surface area contributed by atoms with Gasteiger partial charge in [0.15, 0.2) is 5.78 Å². The van der Waals surface area contributed by atoms with Crippen LogP contribution < -0.4 is 4.74 Å². The van der Waals surface area contributed by atoms with Gasteiger partial charge in [-0.15, -0.1) is 0 Å². The second kappa shape index (κ2) is 11.7. The number of amides is 1. The Balaban J connectivity index is 1.98. The second-order valence-corrected chi connectivity index (χ2v) is 8.34. The Morgan fingerprint density at radius 3 is 2.17 bits per heavy atom. The van der Waals surface area contributed by atoms with Gasteiger partial charge in [-0.05, 0) is 75.2 Å². The van der Waals surface area contributed by atoms with Crippen LogP contribution in [0, 0.1) is 19.7 Å². The molecule has 36 heavy (non-hydrogen) atoms. The Morgan fingerprint density at radius 2 is 1.61 bits per heavy atom. The van der Waals surface area contributed by atoms with Crippen LogP contribution in [0.15, 0.2) is 48.5 Å². The van der Waals surface area contributed by atoms with Crippen LogP contribution in [0.25, 0.3) is 0 Å². The predicted molar refractivity (Wildman–Crippen MR) is 134 cm³/mol. The zero-order valence-corrected chi connectivity index (χ0v) is 21.3. The summed E-state index contributed by atoms with van der Waals surface area (Å²) in [6.07, 6.45) is 0. The topological polar surface area (TPSA) is 77.8 Å². The molecule has 0 radical (unpaired) electrons. The minimum absolute atomic E-state index is 0.105. The van der Waals surface area contributed by atoms with Crippen LogP contribution in [0.4, 0.5) is 4.39 Å². The number of rotatable bonds is 10. The van der Waals surface area contributed by atoms with E-state index in [1.807, 2.05) is 6.92 Å². The van der Waals surface area contributed by atoms with Crippen molar-refractivity contribution in [2.45, 2.75) is 40.8 Å². The van der Waals surface area contributed by atoms with E-state index in [1.165, 1.54) is 24.1 Å². The standard InChI is InChI=1S/C28H31FN2O5/c1-6-31-19(4)25(18(3)26(31)28(34)36-7-2)24(32)17-30(16-20-8-12-22(29)13-9-20)27(33)21-10-14-23(35-5)15-11-21/h8-15H,6-7,16-17H2,1-5H3. The van der Waals surface area contributed by atoms with Gasteiger partial charge in [-0.1, -0.05) is 12.1 Å². The molecule has 190 valence electrons. The summed E-state index contributed by atoms with van der Waals surface area (Å²) in [6, 6.07) is 12.4. The van der Waals surface area contributed by atoms with Crippen LogP contribution in [0.5, 0.6) is 5.75 Å². The minimum Gasteiger partial charge on any atom is -0.497 e. The van der Waals surface area contributed by atoms with Crippen LogP contribution in [-0.2, 0) is 17.8 Å². The quantitative estimate of drug-likeness (QED) is 0.294. The van der Waals surface area contributed by atoms with Gasteiger partial charge in [0.1, 0.15) is 17.3 Å². The summed E-state index contributed by atoms with van der Waals surface area (Å²) < 4.78 is 25.6. The van der Waals surface area contributed by atoms with E-state index in [0.717, 1.165) is 0 Å². The van der Waals surface area contributed by atoms with Gasteiger partial charge < -0.3 is 18.9 Å². The number of Topliss-reactive ketones (excluding diaryl/α,β-unsaturated/α-hetero) is 1. The summed E-state index contributed by atoms with van der Waals surface area (Å²) in [4.78, 5) is 41.1. The first-order valence-corrected chi connectivity index (χ1v) is 11.8. The van der Waals surface area contributed by atoms with Gasteiger partial charge in [-0.2, -0.15) is 0 Å². The number of esters is 1. The first kappa shape index (κ1) is 26.7. The van der Waals surface area contributed by atoms with Gasteiger partial charge >= 0.3 is 5.97 Å². The highest BCUT2D eigenvalue weighted by Gasteiger charge is 2.29. The molecule has 1 amide bonds. The average Bonchev–Trinajstić information content (AvgIpc) is 3.13. The third-order valence-electron chi connectivity index (χ3n) is 6.08. The summed E-state index contributed by atoms with van der Waals surface area (Å²) in [6.45, 7) is 7.70. The van der Waals surface area contributed by atoms with E-state index in [1.54, 1.807) is 61.7 Å². The second-order valence-electron chi connectivity index (χ2n) is 8.34. The fourth-order valence-electron chi connectivity index (χ4n) is 4.34. The molecule has 0 spiro atoms. The molecule has 8 heteroatoms. The molecule has 0 aliphatic rings. The van der Waals surface area contributed by atoms with E-state index < -0.39 is 5.97 Å². The lowest BCUT2D eigenvalue weighted by Gasteiger charge is -2.23. The van der Waals surface area contributed by atoms with Crippen LogP contribution in [0.2, 0.25) is 0 Å². The van der Waals surface area contributed by atoms with Crippen LogP contribution in [-0.4, -0.2) is 47.4 Å². The molecule has 0 fully saturated rings. The number of benzene rings is 2. The summed E-state index contributed by atoms with van der Waals surface area (Å²) in [5.74, 6) is -0.928. The van der Waals surface area contributed by atoms with Crippen LogP contribution in [0.1, 0.15) is 61.9 Å². The maximum atomic E-state index is 13.6. The zero-order chi connectivity index (χ0) is 26.4. The first-order chi connectivity index (χ1) is 17.2.